The van der Waals surface area contributed by atoms with Crippen LogP contribution in [0.2, 0.25) is 5.15 Å². The van der Waals surface area contributed by atoms with Gasteiger partial charge in [0.05, 0.1) is 12.2 Å². The fraction of sp³-hybridized carbons (Fsp3) is 0.588. The van der Waals surface area contributed by atoms with E-state index in [-0.39, 0.29) is 29.4 Å². The number of rotatable bonds is 8. The Kier molecular flexibility index (Phi) is 8.11. The first-order valence-corrected chi connectivity index (χ1v) is 8.87. The van der Waals surface area contributed by atoms with Gasteiger partial charge in [-0.2, -0.15) is 0 Å². The first-order valence-electron chi connectivity index (χ1n) is 8.49. The van der Waals surface area contributed by atoms with Crippen LogP contribution in [-0.4, -0.2) is 61.6 Å². The summed E-state index contributed by atoms with van der Waals surface area (Å²) in [5, 5.41) is 5.99. The zero-order valence-corrected chi connectivity index (χ0v) is 15.2. The van der Waals surface area contributed by atoms with Crippen LogP contribution >= 0.6 is 11.6 Å². The van der Waals surface area contributed by atoms with E-state index in [0.717, 1.165) is 32.4 Å². The second-order valence-electron chi connectivity index (χ2n) is 6.08. The largest absolute Gasteiger partial charge is 0.385 e. The quantitative estimate of drug-likeness (QED) is 0.537. The number of amides is 2. The van der Waals surface area contributed by atoms with Gasteiger partial charge in [0.15, 0.2) is 5.15 Å². The topological polar surface area (TPSA) is 83.6 Å². The molecule has 138 valence electrons. The molecule has 2 N–H and O–H groups in total. The first-order chi connectivity index (χ1) is 12.1. The summed E-state index contributed by atoms with van der Waals surface area (Å²) in [5.41, 5.74) is 0.513. The summed E-state index contributed by atoms with van der Waals surface area (Å²) in [6.07, 6.45) is 3.91. The highest BCUT2D eigenvalue weighted by Crippen LogP contribution is 2.19. The number of likely N-dealkylation sites (tertiary alicyclic amines) is 1. The first kappa shape index (κ1) is 19.6. The van der Waals surface area contributed by atoms with Gasteiger partial charge >= 0.3 is 0 Å². The molecule has 25 heavy (non-hydrogen) atoms. The van der Waals surface area contributed by atoms with Crippen molar-refractivity contribution in [1.29, 1.82) is 0 Å². The van der Waals surface area contributed by atoms with Crippen LogP contribution in [0.15, 0.2) is 18.3 Å². The van der Waals surface area contributed by atoms with Crippen LogP contribution < -0.4 is 10.6 Å². The van der Waals surface area contributed by atoms with Gasteiger partial charge in [0, 0.05) is 32.4 Å². The summed E-state index contributed by atoms with van der Waals surface area (Å²) in [4.78, 5) is 30.2. The molecule has 8 heteroatoms. The number of nitrogens with zero attached hydrogens (tertiary/aromatic N) is 2. The minimum absolute atomic E-state index is 0.0228. The summed E-state index contributed by atoms with van der Waals surface area (Å²) < 4.78 is 4.96. The van der Waals surface area contributed by atoms with Crippen molar-refractivity contribution in [3.8, 4) is 0 Å². The van der Waals surface area contributed by atoms with E-state index in [2.05, 4.69) is 15.6 Å². The normalized spacial score (nSPS) is 15.8. The number of carbonyl (C=O) groups excluding carboxylic acids is 2. The number of anilines is 1. The lowest BCUT2D eigenvalue weighted by Crippen LogP contribution is -2.43. The van der Waals surface area contributed by atoms with Crippen molar-refractivity contribution in [1.82, 2.24) is 15.2 Å². The molecule has 0 aliphatic carbocycles. The smallest absolute Gasteiger partial charge is 0.238 e. The zero-order valence-electron chi connectivity index (χ0n) is 14.5. The lowest BCUT2D eigenvalue weighted by Gasteiger charge is -2.30. The van der Waals surface area contributed by atoms with Gasteiger partial charge < -0.3 is 15.4 Å². The monoisotopic (exact) mass is 368 g/mol. The molecule has 0 aromatic carbocycles. The van der Waals surface area contributed by atoms with Crippen molar-refractivity contribution in [2.45, 2.75) is 19.3 Å². The molecule has 1 aliphatic heterocycles. The molecule has 2 heterocycles. The highest BCUT2D eigenvalue weighted by atomic mass is 35.5. The highest BCUT2D eigenvalue weighted by molar-refractivity contribution is 6.32. The molecule has 7 nitrogen and oxygen atoms in total. The lowest BCUT2D eigenvalue weighted by atomic mass is 9.96. The van der Waals surface area contributed by atoms with Gasteiger partial charge in [-0.25, -0.2) is 4.98 Å². The van der Waals surface area contributed by atoms with Gasteiger partial charge in [0.1, 0.15) is 0 Å². The molecular formula is C17H25ClN4O3. The fourth-order valence-electron chi connectivity index (χ4n) is 2.80. The Hall–Kier alpha value is -1.70. The fourth-order valence-corrected chi connectivity index (χ4v) is 2.96. The van der Waals surface area contributed by atoms with Crippen LogP contribution in [0.25, 0.3) is 0 Å². The average molecular weight is 369 g/mol. The highest BCUT2D eigenvalue weighted by Gasteiger charge is 2.25. The van der Waals surface area contributed by atoms with E-state index in [1.165, 1.54) is 0 Å². The Bertz CT molecular complexity index is 577. The molecule has 0 atom stereocenters. The number of piperidine rings is 1. The van der Waals surface area contributed by atoms with E-state index in [1.807, 2.05) is 4.90 Å². The van der Waals surface area contributed by atoms with Gasteiger partial charge in [0.2, 0.25) is 11.8 Å². The Labute approximate surface area is 153 Å². The maximum absolute atomic E-state index is 12.1. The standard InChI is InChI=1S/C17H25ClN4O3/c1-25-11-3-8-20-17(24)13-5-9-22(10-6-13)12-15(23)21-14-4-2-7-19-16(14)18/h2,4,7,13H,3,5-6,8-12H2,1H3,(H,20,24)(H,21,23). The third-order valence-electron chi connectivity index (χ3n) is 4.18. The maximum Gasteiger partial charge on any atom is 0.238 e. The van der Waals surface area contributed by atoms with E-state index >= 15 is 0 Å². The SMILES string of the molecule is COCCCNC(=O)C1CCN(CC(=O)Nc2cccnc2Cl)CC1. The summed E-state index contributed by atoms with van der Waals surface area (Å²) in [6, 6.07) is 3.44. The molecule has 0 unspecified atom stereocenters. The van der Waals surface area contributed by atoms with E-state index in [4.69, 9.17) is 16.3 Å². The van der Waals surface area contributed by atoms with Crippen molar-refractivity contribution < 1.29 is 14.3 Å². The predicted octanol–water partition coefficient (Wildman–Crippen LogP) is 1.54. The van der Waals surface area contributed by atoms with Crippen LogP contribution in [0.5, 0.6) is 0 Å². The number of ether oxygens (including phenoxy) is 1. The summed E-state index contributed by atoms with van der Waals surface area (Å²) >= 11 is 5.93. The Balaban J connectivity index is 1.68. The number of hydrogen-bond acceptors (Lipinski definition) is 5. The molecule has 0 bridgehead atoms. The van der Waals surface area contributed by atoms with Crippen molar-refractivity contribution in [3.05, 3.63) is 23.5 Å². The third kappa shape index (κ3) is 6.61. The Morgan fingerprint density at radius 1 is 1.40 bits per heavy atom. The second-order valence-corrected chi connectivity index (χ2v) is 6.44. The van der Waals surface area contributed by atoms with Crippen molar-refractivity contribution in [3.63, 3.8) is 0 Å². The lowest BCUT2D eigenvalue weighted by molar-refractivity contribution is -0.126. The molecule has 1 aromatic heterocycles. The van der Waals surface area contributed by atoms with Gasteiger partial charge in [0.25, 0.3) is 0 Å². The molecule has 1 saturated heterocycles. The maximum atomic E-state index is 12.1. The van der Waals surface area contributed by atoms with Crippen LogP contribution in [0, 0.1) is 5.92 Å². The molecule has 0 radical (unpaired) electrons. The van der Waals surface area contributed by atoms with Gasteiger partial charge in [-0.05, 0) is 44.5 Å². The number of nitrogens with one attached hydrogen (secondary N) is 2. The minimum Gasteiger partial charge on any atom is -0.385 e. The number of hydrogen-bond donors (Lipinski definition) is 2. The molecule has 1 aromatic rings. The van der Waals surface area contributed by atoms with Crippen LogP contribution in [0.4, 0.5) is 5.69 Å². The van der Waals surface area contributed by atoms with E-state index in [0.29, 0.717) is 18.8 Å². The molecule has 2 rings (SSSR count). The van der Waals surface area contributed by atoms with Crippen molar-refractivity contribution >= 4 is 29.1 Å². The Morgan fingerprint density at radius 2 is 2.16 bits per heavy atom. The molecule has 1 aliphatic rings. The van der Waals surface area contributed by atoms with Crippen LogP contribution in [0.1, 0.15) is 19.3 Å². The number of carbonyl (C=O) groups is 2. The molecule has 1 fully saturated rings. The summed E-state index contributed by atoms with van der Waals surface area (Å²) in [5.74, 6) is -0.00524. The van der Waals surface area contributed by atoms with Crippen molar-refractivity contribution in [2.24, 2.45) is 5.92 Å². The number of aromatic nitrogens is 1. The van der Waals surface area contributed by atoms with Gasteiger partial charge in [-0.1, -0.05) is 11.6 Å². The number of methoxy groups -OCH3 is 1. The van der Waals surface area contributed by atoms with Crippen molar-refractivity contribution in [2.75, 3.05) is 45.2 Å². The van der Waals surface area contributed by atoms with Crippen LogP contribution in [0.3, 0.4) is 0 Å². The number of pyridine rings is 1. The van der Waals surface area contributed by atoms with E-state index < -0.39 is 0 Å². The Morgan fingerprint density at radius 3 is 2.84 bits per heavy atom. The minimum atomic E-state index is -0.127. The third-order valence-corrected chi connectivity index (χ3v) is 4.48. The molecule has 2 amide bonds. The van der Waals surface area contributed by atoms with E-state index in [9.17, 15) is 9.59 Å². The molecule has 0 saturated carbocycles. The second kappa shape index (κ2) is 10.3. The predicted molar refractivity (Wildman–Crippen MR) is 96.5 cm³/mol. The molecule has 0 spiro atoms. The average Bonchev–Trinajstić information content (AvgIpc) is 2.61. The molecular weight excluding hydrogens is 344 g/mol. The van der Waals surface area contributed by atoms with Crippen LogP contribution in [-0.2, 0) is 14.3 Å². The zero-order chi connectivity index (χ0) is 18.1. The number of halogens is 1. The van der Waals surface area contributed by atoms with E-state index in [1.54, 1.807) is 25.4 Å². The van der Waals surface area contributed by atoms with Gasteiger partial charge in [-0.3, -0.25) is 14.5 Å². The van der Waals surface area contributed by atoms with Gasteiger partial charge in [-0.15, -0.1) is 0 Å². The summed E-state index contributed by atoms with van der Waals surface area (Å²) in [6.45, 7) is 3.03. The summed E-state index contributed by atoms with van der Waals surface area (Å²) in [7, 11) is 1.65.